The maximum absolute atomic E-state index is 12.8. The zero-order valence-corrected chi connectivity index (χ0v) is 12.9. The molecule has 0 atom stereocenters. The van der Waals surface area contributed by atoms with Gasteiger partial charge < -0.3 is 4.74 Å². The van der Waals surface area contributed by atoms with E-state index in [1.807, 2.05) is 0 Å². The van der Waals surface area contributed by atoms with Crippen LogP contribution in [0.5, 0.6) is 5.75 Å². The maximum Gasteiger partial charge on any atom is 0.573 e. The van der Waals surface area contributed by atoms with Crippen LogP contribution in [0, 0.1) is 0 Å². The van der Waals surface area contributed by atoms with Gasteiger partial charge in [-0.25, -0.2) is 0 Å². The summed E-state index contributed by atoms with van der Waals surface area (Å²) >= 11 is 1.14. The lowest BCUT2D eigenvalue weighted by molar-refractivity contribution is -0.273. The predicted molar refractivity (Wildman–Crippen MR) is 89.8 cm³/mol. The first-order valence-corrected chi connectivity index (χ1v) is 7.94. The molecular formula is C18H9F3O2S. The van der Waals surface area contributed by atoms with Crippen molar-refractivity contribution in [3.63, 3.8) is 0 Å². The molecular weight excluding hydrogens is 337 g/mol. The average Bonchev–Trinajstić information content (AvgIpc) is 2.91. The first-order valence-electron chi connectivity index (χ1n) is 7.06. The third kappa shape index (κ3) is 2.30. The molecule has 0 unspecified atom stereocenters. The van der Waals surface area contributed by atoms with Crippen molar-refractivity contribution in [2.45, 2.75) is 6.36 Å². The molecule has 24 heavy (non-hydrogen) atoms. The van der Waals surface area contributed by atoms with Gasteiger partial charge in [0.05, 0.1) is 0 Å². The van der Waals surface area contributed by atoms with Gasteiger partial charge in [0, 0.05) is 31.6 Å². The smallest absolute Gasteiger partial charge is 0.404 e. The van der Waals surface area contributed by atoms with Crippen molar-refractivity contribution < 1.29 is 17.9 Å². The van der Waals surface area contributed by atoms with Crippen molar-refractivity contribution in [3.8, 4) is 5.75 Å². The summed E-state index contributed by atoms with van der Waals surface area (Å²) in [5.41, 5.74) is -0.206. The summed E-state index contributed by atoms with van der Waals surface area (Å²) in [4.78, 5) is 12.8. The van der Waals surface area contributed by atoms with Crippen LogP contribution in [0.4, 0.5) is 13.2 Å². The molecule has 0 spiro atoms. The molecule has 4 aromatic rings. The minimum atomic E-state index is -4.79. The maximum atomic E-state index is 12.8. The Morgan fingerprint density at radius 1 is 0.833 bits per heavy atom. The van der Waals surface area contributed by atoms with Gasteiger partial charge in [-0.05, 0) is 5.39 Å². The van der Waals surface area contributed by atoms with E-state index in [0.29, 0.717) is 31.6 Å². The van der Waals surface area contributed by atoms with E-state index >= 15 is 0 Å². The highest BCUT2D eigenvalue weighted by molar-refractivity contribution is 7.18. The fourth-order valence-electron chi connectivity index (χ4n) is 2.92. The highest BCUT2D eigenvalue weighted by atomic mass is 32.1. The zero-order chi connectivity index (χ0) is 16.9. The van der Waals surface area contributed by atoms with Crippen LogP contribution in [0.1, 0.15) is 0 Å². The van der Waals surface area contributed by atoms with Crippen LogP contribution in [0.3, 0.4) is 0 Å². The quantitative estimate of drug-likeness (QED) is 0.457. The van der Waals surface area contributed by atoms with Gasteiger partial charge in [0.25, 0.3) is 0 Å². The summed E-state index contributed by atoms with van der Waals surface area (Å²) in [6, 6.07) is 13.6. The summed E-state index contributed by atoms with van der Waals surface area (Å²) in [6.07, 6.45) is -4.79. The molecule has 1 heterocycles. The number of hydrogen-bond acceptors (Lipinski definition) is 3. The SMILES string of the molecule is O=c1c2ccccc2c2scc(OC(F)(F)F)c2c2ccccc12. The Balaban J connectivity index is 2.31. The van der Waals surface area contributed by atoms with E-state index in [1.54, 1.807) is 48.5 Å². The Morgan fingerprint density at radius 3 is 2.00 bits per heavy atom. The van der Waals surface area contributed by atoms with Gasteiger partial charge in [-0.1, -0.05) is 48.5 Å². The Labute approximate surface area is 137 Å². The molecule has 0 N–H and O–H groups in total. The topological polar surface area (TPSA) is 26.3 Å². The minimum Gasteiger partial charge on any atom is -0.404 e. The highest BCUT2D eigenvalue weighted by Crippen LogP contribution is 2.41. The molecule has 3 aromatic carbocycles. The van der Waals surface area contributed by atoms with Gasteiger partial charge in [-0.15, -0.1) is 24.5 Å². The molecule has 0 fully saturated rings. The predicted octanol–water partition coefficient (Wildman–Crippen LogP) is 5.47. The fourth-order valence-corrected chi connectivity index (χ4v) is 3.94. The van der Waals surface area contributed by atoms with Crippen LogP contribution in [-0.4, -0.2) is 6.36 Å². The Bertz CT molecular complexity index is 1150. The number of ether oxygens (including phenoxy) is 1. The van der Waals surface area contributed by atoms with Gasteiger partial charge in [-0.2, -0.15) is 0 Å². The van der Waals surface area contributed by atoms with Crippen LogP contribution in [0.2, 0.25) is 0 Å². The molecule has 0 saturated carbocycles. The van der Waals surface area contributed by atoms with Gasteiger partial charge in [0.15, 0.2) is 5.43 Å². The third-order valence-electron chi connectivity index (χ3n) is 3.84. The van der Waals surface area contributed by atoms with Crippen molar-refractivity contribution in [1.82, 2.24) is 0 Å². The molecule has 0 radical (unpaired) electrons. The monoisotopic (exact) mass is 346 g/mol. The molecule has 0 aliphatic heterocycles. The lowest BCUT2D eigenvalue weighted by atomic mass is 10.1. The van der Waals surface area contributed by atoms with Crippen LogP contribution in [-0.2, 0) is 0 Å². The van der Waals surface area contributed by atoms with E-state index in [-0.39, 0.29) is 11.2 Å². The van der Waals surface area contributed by atoms with E-state index in [0.717, 1.165) is 11.3 Å². The molecule has 0 aliphatic rings. The fraction of sp³-hybridized carbons (Fsp3) is 0.0556. The number of benzene rings is 2. The van der Waals surface area contributed by atoms with Crippen LogP contribution in [0.25, 0.3) is 31.6 Å². The summed E-state index contributed by atoms with van der Waals surface area (Å²) in [5.74, 6) is -0.278. The van der Waals surface area contributed by atoms with Crippen LogP contribution < -0.4 is 10.2 Å². The molecule has 1 aromatic heterocycles. The number of thiophene rings is 1. The van der Waals surface area contributed by atoms with Crippen LogP contribution >= 0.6 is 11.3 Å². The summed E-state index contributed by atoms with van der Waals surface area (Å²) in [7, 11) is 0. The first-order chi connectivity index (χ1) is 11.5. The third-order valence-corrected chi connectivity index (χ3v) is 4.83. The Kier molecular flexibility index (Phi) is 3.25. The van der Waals surface area contributed by atoms with Gasteiger partial charge in [-0.3, -0.25) is 4.79 Å². The Hall–Kier alpha value is -2.60. The number of halogens is 3. The van der Waals surface area contributed by atoms with E-state index < -0.39 is 6.36 Å². The normalized spacial score (nSPS) is 12.1. The standard InChI is InChI=1S/C18H9F3O2S/c19-18(20,21)23-14-9-24-17-13-8-4-3-7-12(13)16(22)11-6-2-1-5-10(11)15(14)17/h1-9H. The van der Waals surface area contributed by atoms with E-state index in [4.69, 9.17) is 0 Å². The second kappa shape index (κ2) is 5.21. The molecule has 120 valence electrons. The van der Waals surface area contributed by atoms with E-state index in [9.17, 15) is 18.0 Å². The second-order valence-electron chi connectivity index (χ2n) is 5.27. The van der Waals surface area contributed by atoms with Crippen molar-refractivity contribution in [2.75, 3.05) is 0 Å². The number of fused-ring (bicyclic) bond motifs is 5. The summed E-state index contributed by atoms with van der Waals surface area (Å²) in [5, 5.41) is 3.57. The molecule has 2 nitrogen and oxygen atoms in total. The van der Waals surface area contributed by atoms with Gasteiger partial charge in [0.2, 0.25) is 0 Å². The highest BCUT2D eigenvalue weighted by Gasteiger charge is 2.32. The molecule has 0 saturated heterocycles. The van der Waals surface area contributed by atoms with Gasteiger partial charge >= 0.3 is 6.36 Å². The number of rotatable bonds is 1. The van der Waals surface area contributed by atoms with Crippen molar-refractivity contribution in [1.29, 1.82) is 0 Å². The first kappa shape index (κ1) is 15.0. The van der Waals surface area contributed by atoms with Crippen LogP contribution in [0.15, 0.2) is 58.7 Å². The van der Waals surface area contributed by atoms with Crippen molar-refractivity contribution in [3.05, 3.63) is 64.1 Å². The van der Waals surface area contributed by atoms with Gasteiger partial charge in [0.1, 0.15) is 5.75 Å². The second-order valence-corrected chi connectivity index (χ2v) is 6.15. The Morgan fingerprint density at radius 2 is 1.38 bits per heavy atom. The largest absolute Gasteiger partial charge is 0.573 e. The lowest BCUT2D eigenvalue weighted by Gasteiger charge is -2.07. The molecule has 0 bridgehead atoms. The molecule has 0 aliphatic carbocycles. The van der Waals surface area contributed by atoms with E-state index in [1.165, 1.54) is 5.38 Å². The van der Waals surface area contributed by atoms with Crippen molar-refractivity contribution in [2.24, 2.45) is 0 Å². The zero-order valence-electron chi connectivity index (χ0n) is 12.1. The minimum absolute atomic E-state index is 0.206. The summed E-state index contributed by atoms with van der Waals surface area (Å²) < 4.78 is 43.1. The van der Waals surface area contributed by atoms with Crippen molar-refractivity contribution >= 4 is 43.0 Å². The average molecular weight is 346 g/mol. The summed E-state index contributed by atoms with van der Waals surface area (Å²) in [6.45, 7) is 0. The number of alkyl halides is 3. The van der Waals surface area contributed by atoms with E-state index in [2.05, 4.69) is 4.74 Å². The molecule has 6 heteroatoms. The lowest BCUT2D eigenvalue weighted by Crippen LogP contribution is -2.16. The molecule has 0 amide bonds. The number of hydrogen-bond donors (Lipinski definition) is 0. The molecule has 4 rings (SSSR count).